The Morgan fingerprint density at radius 2 is 2.05 bits per heavy atom. The largest absolute Gasteiger partial charge is 0.478 e. The molecule has 0 aliphatic heterocycles. The molecule has 0 aliphatic rings. The number of carboxylic acid groups (broad SMARTS) is 1. The number of hydrogen-bond donors (Lipinski definition) is 2. The van der Waals surface area contributed by atoms with Crippen LogP contribution in [-0.2, 0) is 10.0 Å². The molecule has 0 fully saturated rings. The van der Waals surface area contributed by atoms with E-state index in [1.807, 2.05) is 19.0 Å². The Morgan fingerprint density at radius 1 is 1.45 bits per heavy atom. The fraction of sp³-hybridized carbons (Fsp3) is 0.417. The number of nitrogens with one attached hydrogen (secondary N) is 1. The summed E-state index contributed by atoms with van der Waals surface area (Å²) in [5.41, 5.74) is -0.0897. The minimum atomic E-state index is -3.74. The van der Waals surface area contributed by atoms with E-state index in [2.05, 4.69) is 20.7 Å². The summed E-state index contributed by atoms with van der Waals surface area (Å²) < 4.78 is 27.2. The Kier molecular flexibility index (Phi) is 5.69. The summed E-state index contributed by atoms with van der Waals surface area (Å²) in [6, 6.07) is 3.62. The van der Waals surface area contributed by atoms with Crippen LogP contribution in [-0.4, -0.2) is 51.1 Å². The summed E-state index contributed by atoms with van der Waals surface area (Å²) in [6.45, 7) is 2.29. The molecule has 0 spiro atoms. The van der Waals surface area contributed by atoms with Gasteiger partial charge in [-0.15, -0.1) is 0 Å². The zero-order chi connectivity index (χ0) is 15.5. The fourth-order valence-electron chi connectivity index (χ4n) is 1.75. The molecule has 1 unspecified atom stereocenters. The topological polar surface area (TPSA) is 86.7 Å². The first kappa shape index (κ1) is 17.1. The van der Waals surface area contributed by atoms with E-state index in [0.29, 0.717) is 11.0 Å². The van der Waals surface area contributed by atoms with Crippen LogP contribution in [0.2, 0.25) is 0 Å². The predicted molar refractivity (Wildman–Crippen MR) is 79.4 cm³/mol. The molecule has 6 nitrogen and oxygen atoms in total. The molecular weight excluding hydrogens is 348 g/mol. The van der Waals surface area contributed by atoms with Crippen molar-refractivity contribution in [2.24, 2.45) is 0 Å². The van der Waals surface area contributed by atoms with Gasteiger partial charge in [0.05, 0.1) is 10.5 Å². The van der Waals surface area contributed by atoms with Gasteiger partial charge in [0.2, 0.25) is 10.0 Å². The molecule has 0 amide bonds. The van der Waals surface area contributed by atoms with E-state index in [0.717, 1.165) is 6.07 Å². The van der Waals surface area contributed by atoms with Crippen LogP contribution >= 0.6 is 15.9 Å². The lowest BCUT2D eigenvalue weighted by molar-refractivity contribution is 0.0695. The standard InChI is InChI=1S/C12H17BrN2O4S/c1-8(7-15(2)3)14-20(18,19)9-4-5-11(13)10(6-9)12(16)17/h4-6,8,14H,7H2,1-3H3,(H,16,17). The first-order valence-corrected chi connectivity index (χ1v) is 8.11. The molecule has 0 heterocycles. The number of carbonyl (C=O) groups is 1. The molecule has 0 bridgehead atoms. The predicted octanol–water partition coefficient (Wildman–Crippen LogP) is 1.38. The maximum Gasteiger partial charge on any atom is 0.336 e. The lowest BCUT2D eigenvalue weighted by atomic mass is 10.2. The molecule has 8 heteroatoms. The molecule has 20 heavy (non-hydrogen) atoms. The second-order valence-electron chi connectivity index (χ2n) is 4.73. The average molecular weight is 365 g/mol. The monoisotopic (exact) mass is 364 g/mol. The fourth-order valence-corrected chi connectivity index (χ4v) is 3.43. The molecule has 0 aliphatic carbocycles. The maximum atomic E-state index is 12.2. The van der Waals surface area contributed by atoms with Gasteiger partial charge in [-0.1, -0.05) is 0 Å². The molecule has 0 saturated heterocycles. The Hall–Kier alpha value is -0.960. The lowest BCUT2D eigenvalue weighted by Gasteiger charge is -2.18. The summed E-state index contributed by atoms with van der Waals surface area (Å²) >= 11 is 3.08. The molecule has 112 valence electrons. The van der Waals surface area contributed by atoms with E-state index < -0.39 is 16.0 Å². The summed E-state index contributed by atoms with van der Waals surface area (Å²) in [5, 5.41) is 9.00. The van der Waals surface area contributed by atoms with Crippen molar-refractivity contribution in [1.29, 1.82) is 0 Å². The highest BCUT2D eigenvalue weighted by Crippen LogP contribution is 2.21. The van der Waals surface area contributed by atoms with Crippen molar-refractivity contribution in [3.63, 3.8) is 0 Å². The summed E-state index contributed by atoms with van der Waals surface area (Å²) in [4.78, 5) is 12.8. The van der Waals surface area contributed by atoms with Crippen LogP contribution in [0.15, 0.2) is 27.6 Å². The minimum absolute atomic E-state index is 0.0660. The van der Waals surface area contributed by atoms with Crippen LogP contribution in [0.3, 0.4) is 0 Å². The van der Waals surface area contributed by atoms with Crippen molar-refractivity contribution >= 4 is 31.9 Å². The number of sulfonamides is 1. The number of aromatic carboxylic acids is 1. The molecule has 0 radical (unpaired) electrons. The number of rotatable bonds is 6. The first-order chi connectivity index (χ1) is 9.13. The number of nitrogens with zero attached hydrogens (tertiary/aromatic N) is 1. The Bertz CT molecular complexity index is 601. The van der Waals surface area contributed by atoms with E-state index in [4.69, 9.17) is 5.11 Å². The van der Waals surface area contributed by atoms with Crippen molar-refractivity contribution < 1.29 is 18.3 Å². The average Bonchev–Trinajstić information content (AvgIpc) is 2.26. The summed E-state index contributed by atoms with van der Waals surface area (Å²) in [7, 11) is -0.0583. The summed E-state index contributed by atoms with van der Waals surface area (Å²) in [5.74, 6) is -1.18. The first-order valence-electron chi connectivity index (χ1n) is 5.83. The third-order valence-electron chi connectivity index (χ3n) is 2.47. The third kappa shape index (κ3) is 4.55. The van der Waals surface area contributed by atoms with Gasteiger partial charge in [-0.3, -0.25) is 0 Å². The molecule has 1 rings (SSSR count). The molecule has 0 aromatic heterocycles. The SMILES string of the molecule is CC(CN(C)C)NS(=O)(=O)c1ccc(Br)c(C(=O)O)c1. The van der Waals surface area contributed by atoms with Gasteiger partial charge in [-0.2, -0.15) is 0 Å². The van der Waals surface area contributed by atoms with Crippen molar-refractivity contribution in [1.82, 2.24) is 9.62 Å². The second-order valence-corrected chi connectivity index (χ2v) is 7.30. The van der Waals surface area contributed by atoms with Gasteiger partial charge in [0.1, 0.15) is 0 Å². The van der Waals surface area contributed by atoms with Crippen LogP contribution in [0.4, 0.5) is 0 Å². The van der Waals surface area contributed by atoms with Gasteiger partial charge in [0.15, 0.2) is 0 Å². The second kappa shape index (κ2) is 6.66. The molecule has 1 atom stereocenters. The highest BCUT2D eigenvalue weighted by Gasteiger charge is 2.20. The highest BCUT2D eigenvalue weighted by molar-refractivity contribution is 9.10. The highest BCUT2D eigenvalue weighted by atomic mass is 79.9. The summed E-state index contributed by atoms with van der Waals surface area (Å²) in [6.07, 6.45) is 0. The lowest BCUT2D eigenvalue weighted by Crippen LogP contribution is -2.39. The Balaban J connectivity index is 3.04. The number of hydrogen-bond acceptors (Lipinski definition) is 4. The van der Waals surface area contributed by atoms with Crippen molar-refractivity contribution in [2.45, 2.75) is 17.9 Å². The molecule has 2 N–H and O–H groups in total. The zero-order valence-electron chi connectivity index (χ0n) is 11.4. The molecule has 1 aromatic carbocycles. The van der Waals surface area contributed by atoms with Gasteiger partial charge < -0.3 is 10.0 Å². The maximum absolute atomic E-state index is 12.2. The van der Waals surface area contributed by atoms with E-state index in [1.165, 1.54) is 12.1 Å². The van der Waals surface area contributed by atoms with Crippen LogP contribution in [0.1, 0.15) is 17.3 Å². The third-order valence-corrected chi connectivity index (χ3v) is 4.75. The van der Waals surface area contributed by atoms with E-state index in [-0.39, 0.29) is 16.5 Å². The quantitative estimate of drug-likeness (QED) is 0.795. The number of carboxylic acids is 1. The van der Waals surface area contributed by atoms with Crippen molar-refractivity contribution in [2.75, 3.05) is 20.6 Å². The van der Waals surface area contributed by atoms with Crippen molar-refractivity contribution in [3.05, 3.63) is 28.2 Å². The minimum Gasteiger partial charge on any atom is -0.478 e. The Labute approximate surface area is 127 Å². The number of benzene rings is 1. The van der Waals surface area contributed by atoms with E-state index in [9.17, 15) is 13.2 Å². The van der Waals surface area contributed by atoms with Gasteiger partial charge in [0.25, 0.3) is 0 Å². The van der Waals surface area contributed by atoms with Gasteiger partial charge in [-0.05, 0) is 55.1 Å². The number of likely N-dealkylation sites (N-methyl/N-ethyl adjacent to an activating group) is 1. The van der Waals surface area contributed by atoms with Crippen LogP contribution in [0, 0.1) is 0 Å². The molecular formula is C12H17BrN2O4S. The number of halogens is 1. The van der Waals surface area contributed by atoms with Crippen LogP contribution in [0.5, 0.6) is 0 Å². The normalized spacial score (nSPS) is 13.4. The van der Waals surface area contributed by atoms with Crippen LogP contribution in [0.25, 0.3) is 0 Å². The Morgan fingerprint density at radius 3 is 2.55 bits per heavy atom. The van der Waals surface area contributed by atoms with Gasteiger partial charge in [0, 0.05) is 17.1 Å². The van der Waals surface area contributed by atoms with Gasteiger partial charge in [-0.25, -0.2) is 17.9 Å². The zero-order valence-corrected chi connectivity index (χ0v) is 13.8. The van der Waals surface area contributed by atoms with E-state index >= 15 is 0 Å². The van der Waals surface area contributed by atoms with Gasteiger partial charge >= 0.3 is 5.97 Å². The smallest absolute Gasteiger partial charge is 0.336 e. The molecule has 0 saturated carbocycles. The van der Waals surface area contributed by atoms with E-state index in [1.54, 1.807) is 6.92 Å². The van der Waals surface area contributed by atoms with Crippen LogP contribution < -0.4 is 4.72 Å². The van der Waals surface area contributed by atoms with Crippen molar-refractivity contribution in [3.8, 4) is 0 Å². The molecule has 1 aromatic rings.